The van der Waals surface area contributed by atoms with Crippen LogP contribution in [0.3, 0.4) is 0 Å². The second kappa shape index (κ2) is 6.57. The van der Waals surface area contributed by atoms with Gasteiger partial charge in [-0.1, -0.05) is 24.6 Å². The number of nitrogens with one attached hydrogen (secondary N) is 1. The normalized spacial score (nSPS) is 12.2. The molecule has 0 spiro atoms. The van der Waals surface area contributed by atoms with Crippen LogP contribution in [0.25, 0.3) is 0 Å². The summed E-state index contributed by atoms with van der Waals surface area (Å²) in [5.41, 5.74) is 5.49. The van der Waals surface area contributed by atoms with Crippen molar-refractivity contribution in [2.75, 3.05) is 11.9 Å². The Morgan fingerprint density at radius 1 is 1.59 bits per heavy atom. The van der Waals surface area contributed by atoms with E-state index in [0.717, 1.165) is 0 Å². The van der Waals surface area contributed by atoms with Crippen molar-refractivity contribution >= 4 is 23.2 Å². The second-order valence-electron chi connectivity index (χ2n) is 4.02. The Morgan fingerprint density at radius 3 is 2.88 bits per heavy atom. The molecule has 17 heavy (non-hydrogen) atoms. The summed E-state index contributed by atoms with van der Waals surface area (Å²) in [6.45, 7) is 2.50. The van der Waals surface area contributed by atoms with Gasteiger partial charge in [0.2, 0.25) is 5.91 Å². The minimum absolute atomic E-state index is 0.0413. The Labute approximate surface area is 105 Å². The number of benzene rings is 1. The third-order valence-corrected chi connectivity index (χ3v) is 2.81. The molecular weight excluding hydrogens is 243 g/mol. The van der Waals surface area contributed by atoms with E-state index in [2.05, 4.69) is 5.32 Å². The van der Waals surface area contributed by atoms with Gasteiger partial charge in [0.1, 0.15) is 5.82 Å². The smallest absolute Gasteiger partial charge is 0.224 e. The minimum atomic E-state index is -0.530. The third-order valence-electron chi connectivity index (χ3n) is 2.49. The molecule has 0 aliphatic heterocycles. The number of para-hydroxylation sites is 1. The van der Waals surface area contributed by atoms with Gasteiger partial charge in [0, 0.05) is 6.42 Å². The van der Waals surface area contributed by atoms with E-state index >= 15 is 0 Å². The van der Waals surface area contributed by atoms with E-state index in [1.165, 1.54) is 18.2 Å². The molecule has 1 unspecified atom stereocenters. The molecule has 5 heteroatoms. The zero-order chi connectivity index (χ0) is 12.8. The van der Waals surface area contributed by atoms with Gasteiger partial charge in [0.25, 0.3) is 0 Å². The first-order chi connectivity index (χ1) is 8.04. The van der Waals surface area contributed by atoms with E-state index in [-0.39, 0.29) is 22.5 Å². The minimum Gasteiger partial charge on any atom is -0.330 e. The highest BCUT2D eigenvalue weighted by molar-refractivity contribution is 6.33. The van der Waals surface area contributed by atoms with Crippen molar-refractivity contribution in [1.82, 2.24) is 0 Å². The monoisotopic (exact) mass is 258 g/mol. The van der Waals surface area contributed by atoms with Gasteiger partial charge in [0.15, 0.2) is 0 Å². The number of amides is 1. The lowest BCUT2D eigenvalue weighted by Gasteiger charge is -2.10. The molecule has 0 heterocycles. The van der Waals surface area contributed by atoms with E-state index < -0.39 is 5.82 Å². The van der Waals surface area contributed by atoms with E-state index in [0.29, 0.717) is 19.4 Å². The van der Waals surface area contributed by atoms with Crippen molar-refractivity contribution < 1.29 is 9.18 Å². The predicted octanol–water partition coefficient (Wildman–Crippen LogP) is 2.79. The Balaban J connectivity index is 2.56. The SMILES string of the molecule is CC(CN)CCC(=O)Nc1c(F)cccc1Cl. The van der Waals surface area contributed by atoms with Gasteiger partial charge in [-0.15, -0.1) is 0 Å². The van der Waals surface area contributed by atoms with Crippen molar-refractivity contribution in [2.24, 2.45) is 11.7 Å². The highest BCUT2D eigenvalue weighted by Crippen LogP contribution is 2.24. The van der Waals surface area contributed by atoms with Gasteiger partial charge >= 0.3 is 0 Å². The molecule has 1 amide bonds. The molecule has 1 rings (SSSR count). The van der Waals surface area contributed by atoms with E-state index in [1.54, 1.807) is 0 Å². The van der Waals surface area contributed by atoms with Crippen molar-refractivity contribution in [3.05, 3.63) is 29.0 Å². The summed E-state index contributed by atoms with van der Waals surface area (Å²) < 4.78 is 13.4. The van der Waals surface area contributed by atoms with Gasteiger partial charge in [-0.3, -0.25) is 4.79 Å². The fourth-order valence-corrected chi connectivity index (χ4v) is 1.52. The van der Waals surface area contributed by atoms with Gasteiger partial charge in [-0.25, -0.2) is 4.39 Å². The molecule has 0 saturated heterocycles. The van der Waals surface area contributed by atoms with Crippen LogP contribution < -0.4 is 11.1 Å². The molecule has 3 nitrogen and oxygen atoms in total. The van der Waals surface area contributed by atoms with Crippen molar-refractivity contribution in [1.29, 1.82) is 0 Å². The fraction of sp³-hybridized carbons (Fsp3) is 0.417. The number of nitrogens with two attached hydrogens (primary N) is 1. The molecule has 94 valence electrons. The summed E-state index contributed by atoms with van der Waals surface area (Å²) in [4.78, 5) is 11.6. The lowest BCUT2D eigenvalue weighted by atomic mass is 10.1. The van der Waals surface area contributed by atoms with Crippen LogP contribution in [-0.2, 0) is 4.79 Å². The van der Waals surface area contributed by atoms with Crippen LogP contribution >= 0.6 is 11.6 Å². The third kappa shape index (κ3) is 4.32. The van der Waals surface area contributed by atoms with Gasteiger partial charge in [-0.2, -0.15) is 0 Å². The number of carbonyl (C=O) groups excluding carboxylic acids is 1. The average Bonchev–Trinajstić information content (AvgIpc) is 2.31. The van der Waals surface area contributed by atoms with Crippen LogP contribution in [0.15, 0.2) is 18.2 Å². The first-order valence-corrected chi connectivity index (χ1v) is 5.86. The summed E-state index contributed by atoms with van der Waals surface area (Å²) in [7, 11) is 0. The molecule has 1 atom stereocenters. The summed E-state index contributed by atoms with van der Waals surface area (Å²) >= 11 is 5.79. The number of hydrogen-bond donors (Lipinski definition) is 2. The molecule has 0 aliphatic rings. The number of halogens is 2. The highest BCUT2D eigenvalue weighted by Gasteiger charge is 2.11. The second-order valence-corrected chi connectivity index (χ2v) is 4.43. The first kappa shape index (κ1) is 13.9. The molecule has 0 fully saturated rings. The van der Waals surface area contributed by atoms with E-state index in [1.807, 2.05) is 6.92 Å². The Bertz CT molecular complexity index is 378. The number of carbonyl (C=O) groups is 1. The standard InChI is InChI=1S/C12H16ClFN2O/c1-8(7-15)5-6-11(17)16-12-9(13)3-2-4-10(12)14/h2-4,8H,5-7,15H2,1H3,(H,16,17). The summed E-state index contributed by atoms with van der Waals surface area (Å²) in [5, 5.41) is 2.67. The van der Waals surface area contributed by atoms with Crippen molar-refractivity contribution in [3.63, 3.8) is 0 Å². The van der Waals surface area contributed by atoms with Crippen LogP contribution in [0.5, 0.6) is 0 Å². The molecule has 0 aromatic heterocycles. The molecule has 1 aromatic carbocycles. The molecule has 0 bridgehead atoms. The zero-order valence-corrected chi connectivity index (χ0v) is 10.4. The molecule has 0 radical (unpaired) electrons. The maximum atomic E-state index is 13.4. The average molecular weight is 259 g/mol. The topological polar surface area (TPSA) is 55.1 Å². The van der Waals surface area contributed by atoms with E-state index in [4.69, 9.17) is 17.3 Å². The van der Waals surface area contributed by atoms with Crippen LogP contribution in [0.1, 0.15) is 19.8 Å². The lowest BCUT2D eigenvalue weighted by molar-refractivity contribution is -0.116. The van der Waals surface area contributed by atoms with Crippen LogP contribution in [-0.4, -0.2) is 12.5 Å². The lowest BCUT2D eigenvalue weighted by Crippen LogP contribution is -2.17. The Kier molecular flexibility index (Phi) is 5.38. The summed E-state index contributed by atoms with van der Waals surface area (Å²) in [6.07, 6.45) is 0.984. The van der Waals surface area contributed by atoms with E-state index in [9.17, 15) is 9.18 Å². The van der Waals surface area contributed by atoms with Crippen molar-refractivity contribution in [3.8, 4) is 0 Å². The predicted molar refractivity (Wildman–Crippen MR) is 67.5 cm³/mol. The van der Waals surface area contributed by atoms with Crippen LogP contribution in [0.4, 0.5) is 10.1 Å². The number of anilines is 1. The maximum absolute atomic E-state index is 13.4. The fourth-order valence-electron chi connectivity index (χ4n) is 1.31. The molecular formula is C12H16ClFN2O. The summed E-state index contributed by atoms with van der Waals surface area (Å²) in [6, 6.07) is 4.27. The Hall–Kier alpha value is -1.13. The molecule has 3 N–H and O–H groups in total. The molecule has 1 aromatic rings. The summed E-state index contributed by atoms with van der Waals surface area (Å²) in [5.74, 6) is -0.508. The first-order valence-electron chi connectivity index (χ1n) is 5.48. The quantitative estimate of drug-likeness (QED) is 0.853. The maximum Gasteiger partial charge on any atom is 0.224 e. The number of hydrogen-bond acceptors (Lipinski definition) is 2. The zero-order valence-electron chi connectivity index (χ0n) is 9.67. The highest BCUT2D eigenvalue weighted by atomic mass is 35.5. The van der Waals surface area contributed by atoms with Gasteiger partial charge in [0.05, 0.1) is 10.7 Å². The molecule has 0 saturated carbocycles. The van der Waals surface area contributed by atoms with Gasteiger partial charge in [-0.05, 0) is 31.0 Å². The van der Waals surface area contributed by atoms with Gasteiger partial charge < -0.3 is 11.1 Å². The largest absolute Gasteiger partial charge is 0.330 e. The van der Waals surface area contributed by atoms with Crippen molar-refractivity contribution in [2.45, 2.75) is 19.8 Å². The van der Waals surface area contributed by atoms with Crippen LogP contribution in [0, 0.1) is 11.7 Å². The van der Waals surface area contributed by atoms with Crippen LogP contribution in [0.2, 0.25) is 5.02 Å². The Morgan fingerprint density at radius 2 is 2.29 bits per heavy atom. The molecule has 0 aliphatic carbocycles. The number of rotatable bonds is 5.